The molecule has 160 valence electrons. The van der Waals surface area contributed by atoms with Crippen molar-refractivity contribution in [1.29, 1.82) is 0 Å². The van der Waals surface area contributed by atoms with E-state index in [0.717, 1.165) is 29.8 Å². The molecular weight excluding hydrogens is 383 g/mol. The first-order chi connectivity index (χ1) is 14.5. The first-order valence-electron chi connectivity index (χ1n) is 10.3. The molecule has 30 heavy (non-hydrogen) atoms. The van der Waals surface area contributed by atoms with Gasteiger partial charge in [-0.3, -0.25) is 14.5 Å². The van der Waals surface area contributed by atoms with Crippen LogP contribution in [0.25, 0.3) is 0 Å². The van der Waals surface area contributed by atoms with E-state index in [1.54, 1.807) is 28.9 Å². The third kappa shape index (κ3) is 5.64. The van der Waals surface area contributed by atoms with Crippen molar-refractivity contribution in [2.45, 2.75) is 26.4 Å². The fourth-order valence-corrected chi connectivity index (χ4v) is 3.81. The normalized spacial score (nSPS) is 16.0. The Morgan fingerprint density at radius 1 is 1.00 bits per heavy atom. The van der Waals surface area contributed by atoms with Crippen LogP contribution in [0.5, 0.6) is 0 Å². The highest BCUT2D eigenvalue weighted by atomic mass is 19.1. The van der Waals surface area contributed by atoms with Crippen molar-refractivity contribution in [2.24, 2.45) is 5.73 Å². The van der Waals surface area contributed by atoms with Gasteiger partial charge in [-0.2, -0.15) is 0 Å². The number of para-hydroxylation sites is 1. The Labute approximate surface area is 177 Å². The van der Waals surface area contributed by atoms with Crippen LogP contribution < -0.4 is 10.6 Å². The van der Waals surface area contributed by atoms with E-state index in [-0.39, 0.29) is 24.2 Å². The van der Waals surface area contributed by atoms with Crippen molar-refractivity contribution in [3.63, 3.8) is 0 Å². The molecule has 0 atom stereocenters. The summed E-state index contributed by atoms with van der Waals surface area (Å²) in [5.74, 6) is -0.408. The summed E-state index contributed by atoms with van der Waals surface area (Å²) >= 11 is 0. The Morgan fingerprint density at radius 2 is 1.73 bits per heavy atom. The van der Waals surface area contributed by atoms with Crippen molar-refractivity contribution < 1.29 is 14.0 Å². The second kappa shape index (κ2) is 10.3. The number of anilines is 1. The number of nitrogens with two attached hydrogens (primary N) is 1. The summed E-state index contributed by atoms with van der Waals surface area (Å²) in [6.07, 6.45) is 0.792. The number of amides is 2. The molecule has 1 aliphatic heterocycles. The molecule has 7 heteroatoms. The molecule has 6 nitrogen and oxygen atoms in total. The number of nitrogens with zero attached hydrogens (tertiary/aromatic N) is 3. The van der Waals surface area contributed by atoms with Crippen molar-refractivity contribution >= 4 is 17.5 Å². The molecule has 0 bridgehead atoms. The minimum atomic E-state index is -0.259. The molecule has 1 aliphatic rings. The van der Waals surface area contributed by atoms with Gasteiger partial charge < -0.3 is 15.5 Å². The Kier molecular flexibility index (Phi) is 7.54. The molecule has 2 aromatic rings. The van der Waals surface area contributed by atoms with E-state index >= 15 is 0 Å². The second-order valence-electron chi connectivity index (χ2n) is 7.57. The van der Waals surface area contributed by atoms with Gasteiger partial charge in [-0.25, -0.2) is 4.39 Å². The van der Waals surface area contributed by atoms with E-state index in [1.807, 2.05) is 24.3 Å². The summed E-state index contributed by atoms with van der Waals surface area (Å²) in [7, 11) is 0. The number of carbonyl (C=O) groups is 2. The molecule has 2 aromatic carbocycles. The fourth-order valence-electron chi connectivity index (χ4n) is 3.81. The van der Waals surface area contributed by atoms with E-state index in [4.69, 9.17) is 5.73 Å². The van der Waals surface area contributed by atoms with Crippen LogP contribution in [-0.2, 0) is 22.7 Å². The maximum absolute atomic E-state index is 13.2. The molecule has 0 saturated carbocycles. The number of carbonyl (C=O) groups excluding carboxylic acids is 2. The Hall–Kier alpha value is -2.77. The molecule has 0 aliphatic carbocycles. The minimum absolute atomic E-state index is 0.0246. The Balaban J connectivity index is 1.86. The van der Waals surface area contributed by atoms with Gasteiger partial charge >= 0.3 is 0 Å². The van der Waals surface area contributed by atoms with Crippen LogP contribution in [0, 0.1) is 5.82 Å². The van der Waals surface area contributed by atoms with Crippen molar-refractivity contribution in [3.05, 3.63) is 65.5 Å². The molecular formula is C23H29FN4O2. The summed E-state index contributed by atoms with van der Waals surface area (Å²) in [4.78, 5) is 30.6. The molecule has 1 heterocycles. The van der Waals surface area contributed by atoms with Gasteiger partial charge in [-0.15, -0.1) is 0 Å². The van der Waals surface area contributed by atoms with Gasteiger partial charge in [0, 0.05) is 51.9 Å². The van der Waals surface area contributed by atoms with Crippen molar-refractivity contribution in [3.8, 4) is 0 Å². The van der Waals surface area contributed by atoms with E-state index in [0.29, 0.717) is 32.7 Å². The van der Waals surface area contributed by atoms with Gasteiger partial charge in [0.05, 0.1) is 6.54 Å². The zero-order chi connectivity index (χ0) is 21.5. The predicted molar refractivity (Wildman–Crippen MR) is 115 cm³/mol. The zero-order valence-electron chi connectivity index (χ0n) is 17.4. The Morgan fingerprint density at radius 3 is 2.43 bits per heavy atom. The number of rotatable bonds is 3. The lowest BCUT2D eigenvalue weighted by molar-refractivity contribution is -0.130. The fraction of sp³-hybridized carbons (Fsp3) is 0.391. The average molecular weight is 413 g/mol. The largest absolute Gasteiger partial charge is 0.336 e. The van der Waals surface area contributed by atoms with Gasteiger partial charge in [0.15, 0.2) is 0 Å². The highest BCUT2D eigenvalue weighted by Crippen LogP contribution is 2.23. The zero-order valence-corrected chi connectivity index (χ0v) is 17.4. The number of fused-ring (bicyclic) bond motifs is 1. The molecule has 0 saturated heterocycles. The molecule has 2 N–H and O–H groups in total. The molecule has 0 aromatic heterocycles. The van der Waals surface area contributed by atoms with Gasteiger partial charge in [-0.1, -0.05) is 30.3 Å². The smallest absolute Gasteiger partial charge is 0.236 e. The van der Waals surface area contributed by atoms with Crippen LogP contribution >= 0.6 is 0 Å². The molecule has 2 amide bonds. The molecule has 3 rings (SSSR count). The SMILES string of the molecule is CC(=O)N1CCCN(Cc2ccc(F)cc2)CCN(C(=O)CN)Cc2ccccc21. The third-order valence-electron chi connectivity index (χ3n) is 5.41. The number of benzene rings is 2. The van der Waals surface area contributed by atoms with E-state index in [2.05, 4.69) is 4.90 Å². The van der Waals surface area contributed by atoms with Crippen molar-refractivity contribution in [2.75, 3.05) is 37.6 Å². The highest BCUT2D eigenvalue weighted by Gasteiger charge is 2.21. The van der Waals surface area contributed by atoms with Crippen LogP contribution in [0.2, 0.25) is 0 Å². The Bertz CT molecular complexity index is 872. The number of hydrogen-bond acceptors (Lipinski definition) is 4. The quantitative estimate of drug-likeness (QED) is 0.840. The van der Waals surface area contributed by atoms with Crippen molar-refractivity contribution in [1.82, 2.24) is 9.80 Å². The lowest BCUT2D eigenvalue weighted by Crippen LogP contribution is -2.41. The monoisotopic (exact) mass is 412 g/mol. The van der Waals surface area contributed by atoms with Crippen LogP contribution in [0.3, 0.4) is 0 Å². The second-order valence-corrected chi connectivity index (χ2v) is 7.57. The van der Waals surface area contributed by atoms with Gasteiger partial charge in [0.1, 0.15) is 5.82 Å². The van der Waals surface area contributed by atoms with Gasteiger partial charge in [0.2, 0.25) is 11.8 Å². The van der Waals surface area contributed by atoms with Gasteiger partial charge in [-0.05, 0) is 35.7 Å². The van der Waals surface area contributed by atoms with Crippen LogP contribution in [0.1, 0.15) is 24.5 Å². The summed E-state index contributed by atoms with van der Waals surface area (Å²) in [5.41, 5.74) is 8.44. The topological polar surface area (TPSA) is 69.9 Å². The van der Waals surface area contributed by atoms with Crippen LogP contribution in [0.4, 0.5) is 10.1 Å². The summed E-state index contributed by atoms with van der Waals surface area (Å²) < 4.78 is 13.2. The average Bonchev–Trinajstić information content (AvgIpc) is 2.78. The van der Waals surface area contributed by atoms with Crippen LogP contribution in [-0.4, -0.2) is 54.3 Å². The predicted octanol–water partition coefficient (Wildman–Crippen LogP) is 2.37. The van der Waals surface area contributed by atoms with Crippen LogP contribution in [0.15, 0.2) is 48.5 Å². The minimum Gasteiger partial charge on any atom is -0.336 e. The summed E-state index contributed by atoms with van der Waals surface area (Å²) in [5, 5.41) is 0. The van der Waals surface area contributed by atoms with E-state index in [9.17, 15) is 14.0 Å². The molecule has 0 radical (unpaired) electrons. The molecule has 0 fully saturated rings. The highest BCUT2D eigenvalue weighted by molar-refractivity contribution is 5.92. The number of halogens is 1. The number of hydrogen-bond donors (Lipinski definition) is 1. The lowest BCUT2D eigenvalue weighted by atomic mass is 10.1. The first-order valence-corrected chi connectivity index (χ1v) is 10.3. The maximum atomic E-state index is 13.2. The summed E-state index contributed by atoms with van der Waals surface area (Å²) in [6, 6.07) is 14.2. The summed E-state index contributed by atoms with van der Waals surface area (Å²) in [6.45, 7) is 5.12. The van der Waals surface area contributed by atoms with E-state index in [1.165, 1.54) is 12.1 Å². The third-order valence-corrected chi connectivity index (χ3v) is 5.41. The molecule has 0 unspecified atom stereocenters. The van der Waals surface area contributed by atoms with Gasteiger partial charge in [0.25, 0.3) is 0 Å². The molecule has 0 spiro atoms. The maximum Gasteiger partial charge on any atom is 0.236 e. The lowest BCUT2D eigenvalue weighted by Gasteiger charge is -2.27. The first kappa shape index (κ1) is 21.9. The standard InChI is InChI=1S/C23H29FN4O2/c1-18(29)28-12-4-11-26(16-19-7-9-21(24)10-8-19)13-14-27(23(30)15-25)17-20-5-2-3-6-22(20)28/h2-3,5-10H,4,11-17,25H2,1H3. The van der Waals surface area contributed by atoms with E-state index < -0.39 is 0 Å².